The van der Waals surface area contributed by atoms with Crippen LogP contribution < -0.4 is 0 Å². The van der Waals surface area contributed by atoms with E-state index >= 15 is 0 Å². The van der Waals surface area contributed by atoms with Crippen molar-refractivity contribution in [3.63, 3.8) is 0 Å². The molecular weight excluding hydrogens is 699 g/mol. The molecule has 2 saturated heterocycles. The van der Waals surface area contributed by atoms with Gasteiger partial charge in [-0.15, -0.1) is 0 Å². The van der Waals surface area contributed by atoms with Crippen molar-refractivity contribution in [2.75, 3.05) is 13.1 Å². The molecule has 16 unspecified atom stereocenters. The summed E-state index contributed by atoms with van der Waals surface area (Å²) in [6.45, 7) is 9.50. The van der Waals surface area contributed by atoms with E-state index in [0.29, 0.717) is 59.3 Å². The number of piperidine rings is 2. The average molecular weight is 770 g/mol. The molecule has 3 aromatic rings. The molecule has 16 atom stereocenters. The third kappa shape index (κ3) is 6.80. The van der Waals surface area contributed by atoms with Gasteiger partial charge in [0, 0.05) is 19.1 Å². The SMILES string of the molecule is CC1CCC2N(C1)CC1C3CC4C(CC(O)C5CC(O)C6(CCC(CC(Cc7ccccc7)c7ccc(Cc8ccccc8)cc7)C6)CC54C)C3CCC1C2(C)O. The summed E-state index contributed by atoms with van der Waals surface area (Å²) in [5.74, 6) is 5.45. The van der Waals surface area contributed by atoms with Crippen molar-refractivity contribution >= 4 is 0 Å². The quantitative estimate of drug-likeness (QED) is 0.224. The average Bonchev–Trinajstić information content (AvgIpc) is 3.79. The fourth-order valence-electron chi connectivity index (χ4n) is 16.3. The van der Waals surface area contributed by atoms with E-state index in [1.807, 2.05) is 0 Å². The van der Waals surface area contributed by atoms with Gasteiger partial charge in [0.25, 0.3) is 0 Å². The molecule has 2 heterocycles. The van der Waals surface area contributed by atoms with Gasteiger partial charge in [-0.2, -0.15) is 0 Å². The molecule has 306 valence electrons. The van der Waals surface area contributed by atoms with Crippen LogP contribution >= 0.6 is 0 Å². The van der Waals surface area contributed by atoms with E-state index in [9.17, 15) is 15.3 Å². The highest BCUT2D eigenvalue weighted by molar-refractivity contribution is 5.32. The molecule has 7 aliphatic rings. The highest BCUT2D eigenvalue weighted by Crippen LogP contribution is 2.71. The van der Waals surface area contributed by atoms with E-state index in [4.69, 9.17) is 0 Å². The number of hydrogen-bond acceptors (Lipinski definition) is 4. The zero-order valence-electron chi connectivity index (χ0n) is 35.2. The Morgan fingerprint density at radius 3 is 2.16 bits per heavy atom. The summed E-state index contributed by atoms with van der Waals surface area (Å²) < 4.78 is 0. The molecule has 5 saturated carbocycles. The molecule has 0 amide bonds. The minimum atomic E-state index is -0.603. The van der Waals surface area contributed by atoms with Crippen LogP contribution in [0.4, 0.5) is 0 Å². The van der Waals surface area contributed by atoms with Gasteiger partial charge in [0.1, 0.15) is 0 Å². The van der Waals surface area contributed by atoms with Crippen LogP contribution in [0.3, 0.4) is 0 Å². The van der Waals surface area contributed by atoms with Crippen LogP contribution in [0.25, 0.3) is 0 Å². The Kier molecular flexibility index (Phi) is 10.1. The van der Waals surface area contributed by atoms with E-state index in [0.717, 1.165) is 64.3 Å². The maximum Gasteiger partial charge on any atom is 0.0805 e. The number of fused-ring (bicyclic) bond motifs is 8. The lowest BCUT2D eigenvalue weighted by molar-refractivity contribution is -0.180. The Bertz CT molecular complexity index is 1840. The first kappa shape index (κ1) is 38.7. The highest BCUT2D eigenvalue weighted by Gasteiger charge is 2.67. The maximum atomic E-state index is 12.3. The van der Waals surface area contributed by atoms with Crippen LogP contribution in [0.15, 0.2) is 84.9 Å². The molecule has 4 nitrogen and oxygen atoms in total. The van der Waals surface area contributed by atoms with Crippen LogP contribution in [0.1, 0.15) is 126 Å². The Labute approximate surface area is 343 Å². The zero-order valence-corrected chi connectivity index (χ0v) is 35.2. The normalized spacial score (nSPS) is 44.4. The third-order valence-electron chi connectivity index (χ3n) is 18.8. The van der Waals surface area contributed by atoms with E-state index in [2.05, 4.69) is 111 Å². The van der Waals surface area contributed by atoms with Crippen molar-refractivity contribution in [1.82, 2.24) is 4.90 Å². The second kappa shape index (κ2) is 14.9. The van der Waals surface area contributed by atoms with E-state index in [-0.39, 0.29) is 29.0 Å². The van der Waals surface area contributed by atoms with Crippen LogP contribution in [0, 0.1) is 64.1 Å². The molecule has 3 N–H and O–H groups in total. The van der Waals surface area contributed by atoms with Gasteiger partial charge in [0.05, 0.1) is 17.8 Å². The lowest BCUT2D eigenvalue weighted by atomic mass is 9.46. The Morgan fingerprint density at radius 1 is 0.684 bits per heavy atom. The fraction of sp³-hybridized carbons (Fsp3) is 0.660. The predicted molar refractivity (Wildman–Crippen MR) is 230 cm³/mol. The van der Waals surface area contributed by atoms with Gasteiger partial charge in [-0.3, -0.25) is 4.90 Å². The van der Waals surface area contributed by atoms with Crippen molar-refractivity contribution in [3.05, 3.63) is 107 Å². The number of nitrogens with zero attached hydrogens (tertiary/aromatic N) is 1. The summed E-state index contributed by atoms with van der Waals surface area (Å²) in [6, 6.07) is 31.7. The molecule has 0 radical (unpaired) electrons. The second-order valence-corrected chi connectivity index (χ2v) is 21.9. The summed E-state index contributed by atoms with van der Waals surface area (Å²) in [4.78, 5) is 2.72. The van der Waals surface area contributed by atoms with Crippen molar-refractivity contribution in [2.24, 2.45) is 64.1 Å². The maximum absolute atomic E-state index is 12.3. The van der Waals surface area contributed by atoms with Crippen LogP contribution in [0.2, 0.25) is 0 Å². The van der Waals surface area contributed by atoms with E-state index in [1.54, 1.807) is 0 Å². The Hall–Kier alpha value is -2.50. The minimum Gasteiger partial charge on any atom is -0.393 e. The molecule has 57 heavy (non-hydrogen) atoms. The van der Waals surface area contributed by atoms with Crippen molar-refractivity contribution in [3.8, 4) is 0 Å². The molecule has 0 bridgehead atoms. The van der Waals surface area contributed by atoms with E-state index < -0.39 is 5.60 Å². The molecule has 3 aromatic carbocycles. The Balaban J connectivity index is 0.880. The first-order valence-electron chi connectivity index (χ1n) is 23.5. The van der Waals surface area contributed by atoms with Gasteiger partial charge in [0.15, 0.2) is 0 Å². The molecule has 2 aliphatic heterocycles. The molecule has 10 rings (SSSR count). The van der Waals surface area contributed by atoms with Gasteiger partial charge >= 0.3 is 0 Å². The molecule has 4 heteroatoms. The first-order valence-corrected chi connectivity index (χ1v) is 23.5. The minimum absolute atomic E-state index is 0.0453. The predicted octanol–water partition coefficient (Wildman–Crippen LogP) is 10.1. The zero-order chi connectivity index (χ0) is 39.1. The lowest BCUT2D eigenvalue weighted by Gasteiger charge is -2.60. The summed E-state index contributed by atoms with van der Waals surface area (Å²) in [5.41, 5.74) is 4.99. The number of aliphatic hydroxyl groups excluding tert-OH is 2. The van der Waals surface area contributed by atoms with Gasteiger partial charge < -0.3 is 15.3 Å². The van der Waals surface area contributed by atoms with Crippen LogP contribution in [-0.2, 0) is 12.8 Å². The topological polar surface area (TPSA) is 63.9 Å². The number of benzene rings is 3. The van der Waals surface area contributed by atoms with E-state index in [1.165, 1.54) is 60.9 Å². The summed E-state index contributed by atoms with van der Waals surface area (Å²) in [6.07, 6.45) is 14.8. The van der Waals surface area contributed by atoms with Crippen LogP contribution in [0.5, 0.6) is 0 Å². The fourth-order valence-corrected chi connectivity index (χ4v) is 16.3. The molecule has 5 aliphatic carbocycles. The monoisotopic (exact) mass is 770 g/mol. The van der Waals surface area contributed by atoms with Crippen molar-refractivity contribution in [2.45, 2.75) is 140 Å². The smallest absolute Gasteiger partial charge is 0.0805 e. The van der Waals surface area contributed by atoms with Crippen molar-refractivity contribution in [1.29, 1.82) is 0 Å². The summed E-state index contributed by atoms with van der Waals surface area (Å²) in [5, 5.41) is 36.5. The van der Waals surface area contributed by atoms with Gasteiger partial charge in [0.2, 0.25) is 0 Å². The van der Waals surface area contributed by atoms with Gasteiger partial charge in [-0.05, 0) is 189 Å². The van der Waals surface area contributed by atoms with Crippen LogP contribution in [-0.4, -0.2) is 57.2 Å². The van der Waals surface area contributed by atoms with Gasteiger partial charge in [-0.1, -0.05) is 98.8 Å². The summed E-state index contributed by atoms with van der Waals surface area (Å²) >= 11 is 0. The second-order valence-electron chi connectivity index (χ2n) is 21.9. The highest BCUT2D eigenvalue weighted by atomic mass is 16.3. The molecule has 1 spiro atoms. The first-order chi connectivity index (χ1) is 27.5. The lowest BCUT2D eigenvalue weighted by Crippen LogP contribution is -2.67. The van der Waals surface area contributed by atoms with Crippen molar-refractivity contribution < 1.29 is 15.3 Å². The largest absolute Gasteiger partial charge is 0.393 e. The molecular formula is C53H71NO3. The summed E-state index contributed by atoms with van der Waals surface area (Å²) in [7, 11) is 0. The number of hydrogen-bond donors (Lipinski definition) is 3. The standard InChI is InChI=1S/C53H71NO3/c1-34-14-21-49-52(3,57)45-20-19-41-42(44(45)32-54(49)31-34)27-46-43(41)28-48(55)47-29-50(56)53(33-51(46,47)2)23-22-38(30-53)26-40(25-36-12-8-5-9-13-36)39-17-15-37(16-18-39)24-35-10-6-4-7-11-35/h4-13,15-18,34,38,40-50,55-57H,14,19-33H2,1-3H3. The Morgan fingerprint density at radius 2 is 1.40 bits per heavy atom. The number of rotatable bonds is 7. The molecule has 0 aromatic heterocycles. The van der Waals surface area contributed by atoms with Gasteiger partial charge in [-0.25, -0.2) is 0 Å². The third-order valence-corrected chi connectivity index (χ3v) is 18.8. The molecule has 7 fully saturated rings. The number of aliphatic hydroxyl groups is 3.